The largest absolute Gasteiger partial charge is 1.00 e. The van der Waals surface area contributed by atoms with Gasteiger partial charge in [-0.1, -0.05) is 104 Å². The SMILES string of the molecule is CN1C(=CC=CC=CC=CC2=[N+](C)c3ccc(C(C)(C)C)cc3C2(C)C)C(C)(C)c2cc(C(C)(C)C)ccc21.[I-]. The van der Waals surface area contributed by atoms with Gasteiger partial charge >= 0.3 is 0 Å². The van der Waals surface area contributed by atoms with Crippen LogP contribution in [0.2, 0.25) is 0 Å². The molecule has 2 nitrogen and oxygen atoms in total. The van der Waals surface area contributed by atoms with Crippen LogP contribution in [-0.4, -0.2) is 24.4 Å². The summed E-state index contributed by atoms with van der Waals surface area (Å²) in [6.45, 7) is 23.0. The fourth-order valence-electron chi connectivity index (χ4n) is 6.09. The average molecular weight is 649 g/mol. The molecule has 4 rings (SSSR count). The lowest BCUT2D eigenvalue weighted by molar-refractivity contribution is -0.401. The highest BCUT2D eigenvalue weighted by molar-refractivity contribution is 6.03. The first-order valence-corrected chi connectivity index (χ1v) is 14.3. The van der Waals surface area contributed by atoms with Crippen molar-refractivity contribution >= 4 is 17.1 Å². The van der Waals surface area contributed by atoms with E-state index < -0.39 is 0 Å². The molecular formula is C37H49IN2. The van der Waals surface area contributed by atoms with Crippen molar-refractivity contribution in [2.24, 2.45) is 0 Å². The third-order valence-electron chi connectivity index (χ3n) is 8.75. The normalized spacial score (nSPS) is 19.3. The summed E-state index contributed by atoms with van der Waals surface area (Å²) in [5.41, 5.74) is 11.1. The maximum atomic E-state index is 2.41. The summed E-state index contributed by atoms with van der Waals surface area (Å²) in [5, 5.41) is 0. The molecule has 0 saturated carbocycles. The van der Waals surface area contributed by atoms with Crippen molar-refractivity contribution in [3.63, 3.8) is 0 Å². The van der Waals surface area contributed by atoms with Gasteiger partial charge in [0.1, 0.15) is 7.05 Å². The molecule has 0 aromatic heterocycles. The first kappa shape index (κ1) is 32.1. The van der Waals surface area contributed by atoms with E-state index in [1.807, 2.05) is 0 Å². The topological polar surface area (TPSA) is 6.25 Å². The Bertz CT molecular complexity index is 1430. The minimum absolute atomic E-state index is 0. The van der Waals surface area contributed by atoms with Gasteiger partial charge in [0.05, 0.1) is 5.41 Å². The molecule has 0 spiro atoms. The van der Waals surface area contributed by atoms with Gasteiger partial charge in [-0.15, -0.1) is 0 Å². The molecule has 2 aliphatic rings. The molecule has 2 aromatic rings. The van der Waals surface area contributed by atoms with Crippen LogP contribution >= 0.6 is 0 Å². The Hall–Kier alpha value is -2.40. The van der Waals surface area contributed by atoms with Gasteiger partial charge in [-0.2, -0.15) is 4.58 Å². The Kier molecular flexibility index (Phi) is 8.93. The predicted octanol–water partition coefficient (Wildman–Crippen LogP) is 6.27. The van der Waals surface area contributed by atoms with Crippen LogP contribution in [0, 0.1) is 0 Å². The standard InChI is InChI=1S/C37H49N2.HI/c1-34(2,3)26-20-22-30-28(24-26)36(7,8)32(38(30)11)18-16-14-13-15-17-19-33-37(9,10)29-25-27(35(4,5)6)21-23-31(29)39(33)12;/h13-25H,1-12H3;1H/q+1;/p-1. The number of allylic oxidation sites excluding steroid dienone is 8. The van der Waals surface area contributed by atoms with E-state index in [2.05, 4.69) is 172 Å². The lowest BCUT2D eigenvalue weighted by atomic mass is 9.78. The molecule has 40 heavy (non-hydrogen) atoms. The molecule has 2 heterocycles. The number of benzene rings is 2. The lowest BCUT2D eigenvalue weighted by Crippen LogP contribution is -3.00. The molecular weight excluding hydrogens is 599 g/mol. The predicted molar refractivity (Wildman–Crippen MR) is 171 cm³/mol. The Labute approximate surface area is 261 Å². The second kappa shape index (κ2) is 11.1. The van der Waals surface area contributed by atoms with Crippen LogP contribution in [0.1, 0.15) is 91.5 Å². The summed E-state index contributed by atoms with van der Waals surface area (Å²) in [4.78, 5) is 2.34. The number of hydrogen-bond acceptors (Lipinski definition) is 1. The fraction of sp³-hybridized carbons (Fsp3) is 0.432. The Morgan fingerprint density at radius 3 is 1.82 bits per heavy atom. The first-order valence-electron chi connectivity index (χ1n) is 14.3. The summed E-state index contributed by atoms with van der Waals surface area (Å²) in [5.74, 6) is 0. The van der Waals surface area contributed by atoms with Crippen LogP contribution in [0.5, 0.6) is 0 Å². The second-order valence-corrected chi connectivity index (χ2v) is 14.4. The van der Waals surface area contributed by atoms with Crippen molar-refractivity contribution in [3.8, 4) is 0 Å². The summed E-state index contributed by atoms with van der Waals surface area (Å²) in [6, 6.07) is 13.9. The van der Waals surface area contributed by atoms with Crippen LogP contribution in [0.4, 0.5) is 11.4 Å². The van der Waals surface area contributed by atoms with Crippen molar-refractivity contribution in [3.05, 3.63) is 107 Å². The van der Waals surface area contributed by atoms with Crippen molar-refractivity contribution in [2.75, 3.05) is 19.0 Å². The van der Waals surface area contributed by atoms with E-state index in [0.717, 1.165) is 0 Å². The van der Waals surface area contributed by atoms with Gasteiger partial charge in [-0.3, -0.25) is 0 Å². The summed E-state index contributed by atoms with van der Waals surface area (Å²) in [7, 11) is 4.37. The summed E-state index contributed by atoms with van der Waals surface area (Å²) in [6.07, 6.45) is 15.2. The lowest BCUT2D eigenvalue weighted by Gasteiger charge is -2.24. The van der Waals surface area contributed by atoms with Gasteiger partial charge in [0, 0.05) is 41.6 Å². The number of rotatable bonds is 4. The molecule has 214 valence electrons. The number of fused-ring (bicyclic) bond motifs is 2. The van der Waals surface area contributed by atoms with E-state index in [9.17, 15) is 0 Å². The van der Waals surface area contributed by atoms with E-state index in [1.54, 1.807) is 0 Å². The first-order chi connectivity index (χ1) is 18.0. The van der Waals surface area contributed by atoms with Crippen LogP contribution in [0.25, 0.3) is 0 Å². The minimum Gasteiger partial charge on any atom is -1.00 e. The number of likely N-dealkylation sites (N-methyl/N-ethyl adjacent to an activating group) is 1. The quantitative estimate of drug-likeness (QED) is 0.215. The molecule has 2 aliphatic heterocycles. The highest BCUT2D eigenvalue weighted by atomic mass is 127. The third kappa shape index (κ3) is 5.82. The number of halogens is 1. The maximum absolute atomic E-state index is 2.41. The van der Waals surface area contributed by atoms with Crippen LogP contribution in [0.15, 0.2) is 84.6 Å². The molecule has 0 fully saturated rings. The Morgan fingerprint density at radius 1 is 0.700 bits per heavy atom. The number of nitrogens with zero attached hydrogens (tertiary/aromatic N) is 2. The van der Waals surface area contributed by atoms with Crippen molar-refractivity contribution in [1.82, 2.24) is 0 Å². The highest BCUT2D eigenvalue weighted by Crippen LogP contribution is 2.48. The van der Waals surface area contributed by atoms with Crippen LogP contribution < -0.4 is 28.9 Å². The highest BCUT2D eigenvalue weighted by Gasteiger charge is 2.43. The van der Waals surface area contributed by atoms with Crippen LogP contribution in [-0.2, 0) is 21.7 Å². The number of hydrogen-bond donors (Lipinski definition) is 0. The molecule has 0 aliphatic carbocycles. The molecule has 3 heteroatoms. The molecule has 0 bridgehead atoms. The molecule has 0 N–H and O–H groups in total. The Balaban J connectivity index is 0.00000441. The maximum Gasteiger partial charge on any atom is 0.209 e. The van der Waals surface area contributed by atoms with E-state index in [1.165, 1.54) is 45.0 Å². The van der Waals surface area contributed by atoms with Gasteiger partial charge < -0.3 is 28.9 Å². The van der Waals surface area contributed by atoms with E-state index in [-0.39, 0.29) is 45.6 Å². The van der Waals surface area contributed by atoms with Gasteiger partial charge in [0.2, 0.25) is 5.69 Å². The molecule has 0 radical (unpaired) electrons. The average Bonchev–Trinajstić information content (AvgIpc) is 3.15. The van der Waals surface area contributed by atoms with Gasteiger partial charge in [-0.25, -0.2) is 0 Å². The third-order valence-corrected chi connectivity index (χ3v) is 8.75. The smallest absolute Gasteiger partial charge is 0.209 e. The zero-order valence-corrected chi connectivity index (χ0v) is 28.9. The molecule has 0 unspecified atom stereocenters. The van der Waals surface area contributed by atoms with Crippen molar-refractivity contribution in [2.45, 2.75) is 90.9 Å². The molecule has 0 saturated heterocycles. The fourth-order valence-corrected chi connectivity index (χ4v) is 6.09. The molecule has 2 aromatic carbocycles. The molecule has 0 amide bonds. The summed E-state index contributed by atoms with van der Waals surface area (Å²) < 4.78 is 2.34. The van der Waals surface area contributed by atoms with E-state index >= 15 is 0 Å². The van der Waals surface area contributed by atoms with E-state index in [4.69, 9.17) is 0 Å². The van der Waals surface area contributed by atoms with Gasteiger partial charge in [0.25, 0.3) is 0 Å². The molecule has 0 atom stereocenters. The van der Waals surface area contributed by atoms with Gasteiger partial charge in [-0.05, 0) is 59.6 Å². The van der Waals surface area contributed by atoms with Crippen LogP contribution in [0.3, 0.4) is 0 Å². The Morgan fingerprint density at radius 2 is 1.23 bits per heavy atom. The van der Waals surface area contributed by atoms with Crippen molar-refractivity contribution in [1.29, 1.82) is 0 Å². The zero-order valence-electron chi connectivity index (χ0n) is 26.8. The van der Waals surface area contributed by atoms with Gasteiger partial charge in [0.15, 0.2) is 5.71 Å². The minimum atomic E-state index is -0.0313. The second-order valence-electron chi connectivity index (χ2n) is 14.4. The summed E-state index contributed by atoms with van der Waals surface area (Å²) >= 11 is 0. The zero-order chi connectivity index (χ0) is 29.0. The monoisotopic (exact) mass is 648 g/mol. The van der Waals surface area contributed by atoms with E-state index in [0.29, 0.717) is 0 Å². The van der Waals surface area contributed by atoms with Crippen molar-refractivity contribution < 1.29 is 28.6 Å². The number of anilines is 1.